The molecule has 0 fully saturated rings. The molecule has 1 aliphatic rings. The molecule has 0 atom stereocenters. The molecular weight excluding hydrogens is 815 g/mol. The molecule has 0 radical (unpaired) electrons. The van der Waals surface area contributed by atoms with Gasteiger partial charge in [0.25, 0.3) is 0 Å². The van der Waals surface area contributed by atoms with Crippen molar-refractivity contribution in [2.45, 2.75) is 12.8 Å². The standard InChI is InChI=1S/C62H41N5/c1-3-15-44(16-4-1)60-64-61(66-62(65-60)46-37-31-42(32-38-46)54-39-47-17-7-8-20-49(47)50-21-9-10-22-51(50)54)45-35-29-41(30-36-45)40-27-33-43(34-28-40)58-59-57(52-23-11-13-25-55(52)63-58)53-24-12-14-26-56(53)67(59)48-18-5-2-6-19-48/h1-12,14-24,26-39H,13,25H2. The number of pyridine rings is 1. The second-order valence-corrected chi connectivity index (χ2v) is 17.3. The van der Waals surface area contributed by atoms with E-state index < -0.39 is 0 Å². The maximum Gasteiger partial charge on any atom is 0.164 e. The van der Waals surface area contributed by atoms with Gasteiger partial charge in [-0.15, -0.1) is 0 Å². The second kappa shape index (κ2) is 16.0. The number of hydrogen-bond acceptors (Lipinski definition) is 4. The van der Waals surface area contributed by atoms with Crippen LogP contribution in [-0.4, -0.2) is 24.5 Å². The highest BCUT2D eigenvalue weighted by molar-refractivity contribution is 6.17. The Morgan fingerprint density at radius 3 is 1.57 bits per heavy atom. The minimum Gasteiger partial charge on any atom is -0.307 e. The third-order valence-electron chi connectivity index (χ3n) is 13.3. The van der Waals surface area contributed by atoms with E-state index >= 15 is 0 Å². The molecule has 0 saturated heterocycles. The van der Waals surface area contributed by atoms with Crippen LogP contribution in [0.1, 0.15) is 17.7 Å². The average molecular weight is 856 g/mol. The zero-order chi connectivity index (χ0) is 44.3. The van der Waals surface area contributed by atoms with E-state index in [9.17, 15) is 0 Å². The van der Waals surface area contributed by atoms with Gasteiger partial charge in [0.15, 0.2) is 17.5 Å². The SMILES string of the molecule is C1=Cc2c(nc(-c3ccc(-c4ccc(-c5nc(-c6ccccc6)nc(-c6ccc(-c7cc8ccccc8c8ccccc78)cc6)n5)cc4)cc3)c3c2c2ccccc2n3-c2ccccc2)CC1. The van der Waals surface area contributed by atoms with Crippen LogP contribution in [0.2, 0.25) is 0 Å². The Balaban J connectivity index is 0.855. The zero-order valence-electron chi connectivity index (χ0n) is 36.5. The quantitative estimate of drug-likeness (QED) is 0.150. The highest BCUT2D eigenvalue weighted by Gasteiger charge is 2.24. The van der Waals surface area contributed by atoms with Crippen molar-refractivity contribution < 1.29 is 0 Å². The van der Waals surface area contributed by atoms with Gasteiger partial charge in [0.1, 0.15) is 0 Å². The van der Waals surface area contributed by atoms with Crippen LogP contribution in [0.25, 0.3) is 123 Å². The van der Waals surface area contributed by atoms with Crippen molar-refractivity contribution >= 4 is 49.4 Å². The van der Waals surface area contributed by atoms with Crippen LogP contribution in [0.5, 0.6) is 0 Å². The Morgan fingerprint density at radius 2 is 0.896 bits per heavy atom. The van der Waals surface area contributed by atoms with Gasteiger partial charge < -0.3 is 4.57 Å². The van der Waals surface area contributed by atoms with Crippen molar-refractivity contribution in [3.63, 3.8) is 0 Å². The summed E-state index contributed by atoms with van der Waals surface area (Å²) in [5.41, 5.74) is 15.3. The van der Waals surface area contributed by atoms with Crippen molar-refractivity contribution in [3.05, 3.63) is 230 Å². The number of benzene rings is 9. The van der Waals surface area contributed by atoms with Crippen molar-refractivity contribution in [3.8, 4) is 73.4 Å². The highest BCUT2D eigenvalue weighted by Crippen LogP contribution is 2.42. The molecule has 0 bridgehead atoms. The summed E-state index contributed by atoms with van der Waals surface area (Å²) in [5.74, 6) is 1.89. The van der Waals surface area contributed by atoms with Crippen LogP contribution in [0.3, 0.4) is 0 Å². The normalized spacial score (nSPS) is 12.3. The monoisotopic (exact) mass is 855 g/mol. The van der Waals surface area contributed by atoms with E-state index in [1.807, 2.05) is 30.3 Å². The fourth-order valence-corrected chi connectivity index (χ4v) is 10.0. The van der Waals surface area contributed by atoms with Gasteiger partial charge in [-0.3, -0.25) is 0 Å². The van der Waals surface area contributed by atoms with Gasteiger partial charge in [-0.25, -0.2) is 19.9 Å². The first-order valence-electron chi connectivity index (χ1n) is 22.9. The summed E-state index contributed by atoms with van der Waals surface area (Å²) in [6.45, 7) is 0. The average Bonchev–Trinajstić information content (AvgIpc) is 3.77. The van der Waals surface area contributed by atoms with Gasteiger partial charge in [-0.1, -0.05) is 200 Å². The van der Waals surface area contributed by atoms with Gasteiger partial charge in [-0.05, 0) is 80.9 Å². The Bertz CT molecular complexity index is 3870. The first-order chi connectivity index (χ1) is 33.2. The van der Waals surface area contributed by atoms with Gasteiger partial charge >= 0.3 is 0 Å². The molecule has 3 aromatic heterocycles. The number of rotatable bonds is 7. The summed E-state index contributed by atoms with van der Waals surface area (Å²) < 4.78 is 2.39. The van der Waals surface area contributed by atoms with Gasteiger partial charge in [0, 0.05) is 50.0 Å². The number of nitrogens with zero attached hydrogens (tertiary/aromatic N) is 5. The summed E-state index contributed by atoms with van der Waals surface area (Å²) >= 11 is 0. The Labute approximate surface area is 388 Å². The summed E-state index contributed by atoms with van der Waals surface area (Å²) in [6.07, 6.45) is 6.48. The molecule has 0 aliphatic heterocycles. The van der Waals surface area contributed by atoms with E-state index in [-0.39, 0.29) is 0 Å². The van der Waals surface area contributed by atoms with Crippen LogP contribution in [0, 0.1) is 0 Å². The fraction of sp³-hybridized carbons (Fsp3) is 0.0323. The minimum atomic E-state index is 0.626. The second-order valence-electron chi connectivity index (χ2n) is 17.3. The highest BCUT2D eigenvalue weighted by atomic mass is 15.0. The Morgan fingerprint density at radius 1 is 0.388 bits per heavy atom. The molecule has 67 heavy (non-hydrogen) atoms. The van der Waals surface area contributed by atoms with Crippen LogP contribution >= 0.6 is 0 Å². The van der Waals surface area contributed by atoms with E-state index in [0.717, 1.165) is 74.4 Å². The van der Waals surface area contributed by atoms with Crippen LogP contribution in [-0.2, 0) is 6.42 Å². The summed E-state index contributed by atoms with van der Waals surface area (Å²) in [6, 6.07) is 75.2. The van der Waals surface area contributed by atoms with Crippen molar-refractivity contribution in [2.75, 3.05) is 0 Å². The van der Waals surface area contributed by atoms with Gasteiger partial charge in [-0.2, -0.15) is 0 Å². The number of fused-ring (bicyclic) bond motifs is 8. The fourth-order valence-electron chi connectivity index (χ4n) is 10.0. The summed E-state index contributed by atoms with van der Waals surface area (Å²) in [5, 5.41) is 7.48. The number of allylic oxidation sites excluding steroid dienone is 1. The molecule has 9 aromatic carbocycles. The molecule has 0 amide bonds. The number of aromatic nitrogens is 5. The largest absolute Gasteiger partial charge is 0.307 e. The predicted molar refractivity (Wildman–Crippen MR) is 277 cm³/mol. The molecule has 12 aromatic rings. The predicted octanol–water partition coefficient (Wildman–Crippen LogP) is 15.6. The Kier molecular flexibility index (Phi) is 9.24. The molecule has 0 unspecified atom stereocenters. The minimum absolute atomic E-state index is 0.626. The molecule has 0 saturated carbocycles. The molecule has 3 heterocycles. The molecule has 1 aliphatic carbocycles. The lowest BCUT2D eigenvalue weighted by molar-refractivity contribution is 0.934. The van der Waals surface area contributed by atoms with E-state index in [1.165, 1.54) is 49.0 Å². The van der Waals surface area contributed by atoms with E-state index in [0.29, 0.717) is 17.5 Å². The molecule has 5 heteroatoms. The topological polar surface area (TPSA) is 56.5 Å². The van der Waals surface area contributed by atoms with Crippen molar-refractivity contribution in [2.24, 2.45) is 0 Å². The number of aryl methyl sites for hydroxylation is 1. The lowest BCUT2D eigenvalue weighted by Crippen LogP contribution is -2.03. The third kappa shape index (κ3) is 6.71. The van der Waals surface area contributed by atoms with Crippen LogP contribution in [0.4, 0.5) is 0 Å². The molecule has 13 rings (SSSR count). The lowest BCUT2D eigenvalue weighted by atomic mass is 9.93. The van der Waals surface area contributed by atoms with E-state index in [1.54, 1.807) is 0 Å². The molecule has 5 nitrogen and oxygen atoms in total. The van der Waals surface area contributed by atoms with Gasteiger partial charge in [0.2, 0.25) is 0 Å². The van der Waals surface area contributed by atoms with E-state index in [2.05, 4.69) is 199 Å². The maximum absolute atomic E-state index is 5.45. The van der Waals surface area contributed by atoms with Gasteiger partial charge in [0.05, 0.1) is 16.7 Å². The maximum atomic E-state index is 5.45. The molecule has 0 N–H and O–H groups in total. The number of hydrogen-bond donors (Lipinski definition) is 0. The smallest absolute Gasteiger partial charge is 0.164 e. The van der Waals surface area contributed by atoms with E-state index in [4.69, 9.17) is 19.9 Å². The summed E-state index contributed by atoms with van der Waals surface area (Å²) in [7, 11) is 0. The third-order valence-corrected chi connectivity index (χ3v) is 13.3. The lowest BCUT2D eigenvalue weighted by Gasteiger charge is -2.17. The molecule has 314 valence electrons. The van der Waals surface area contributed by atoms with Crippen LogP contribution < -0.4 is 0 Å². The first kappa shape index (κ1) is 38.6. The summed E-state index contributed by atoms with van der Waals surface area (Å²) in [4.78, 5) is 20.6. The van der Waals surface area contributed by atoms with Crippen molar-refractivity contribution in [1.29, 1.82) is 0 Å². The Hall–Kier alpha value is -8.80. The first-order valence-corrected chi connectivity index (χ1v) is 22.9. The number of para-hydroxylation sites is 2. The van der Waals surface area contributed by atoms with Crippen molar-refractivity contribution in [1.82, 2.24) is 24.5 Å². The van der Waals surface area contributed by atoms with Crippen LogP contribution in [0.15, 0.2) is 218 Å². The molecule has 0 spiro atoms. The zero-order valence-corrected chi connectivity index (χ0v) is 36.5. The molecular formula is C62H41N5.